The SMILES string of the molecule is CC(C)C(N)C(=O)OC[C@H](CO)OCn1ccc(N)nc1=O. The van der Waals surface area contributed by atoms with Crippen LogP contribution in [0.4, 0.5) is 5.82 Å². The highest BCUT2D eigenvalue weighted by Crippen LogP contribution is 2.02. The van der Waals surface area contributed by atoms with Gasteiger partial charge in [0.25, 0.3) is 0 Å². The van der Waals surface area contributed by atoms with Crippen LogP contribution in [-0.4, -0.2) is 46.0 Å². The van der Waals surface area contributed by atoms with Crippen LogP contribution in [0.5, 0.6) is 0 Å². The van der Waals surface area contributed by atoms with Gasteiger partial charge in [-0.1, -0.05) is 13.8 Å². The lowest BCUT2D eigenvalue weighted by molar-refractivity contribution is -0.153. The Kier molecular flexibility index (Phi) is 6.96. The van der Waals surface area contributed by atoms with Crippen molar-refractivity contribution in [2.45, 2.75) is 32.7 Å². The molecule has 0 spiro atoms. The van der Waals surface area contributed by atoms with E-state index in [1.54, 1.807) is 13.8 Å². The number of carbonyl (C=O) groups excluding carboxylic acids is 1. The monoisotopic (exact) mass is 314 g/mol. The Labute approximate surface area is 127 Å². The van der Waals surface area contributed by atoms with E-state index in [-0.39, 0.29) is 31.7 Å². The predicted molar refractivity (Wildman–Crippen MR) is 78.6 cm³/mol. The number of aliphatic hydroxyl groups is 1. The molecule has 0 saturated carbocycles. The summed E-state index contributed by atoms with van der Waals surface area (Å²) < 4.78 is 11.5. The molecule has 0 aliphatic rings. The fourth-order valence-corrected chi connectivity index (χ4v) is 1.42. The fourth-order valence-electron chi connectivity index (χ4n) is 1.42. The molecule has 1 unspecified atom stereocenters. The first kappa shape index (κ1) is 18.1. The second-order valence-electron chi connectivity index (χ2n) is 5.10. The van der Waals surface area contributed by atoms with Gasteiger partial charge in [-0.3, -0.25) is 9.36 Å². The van der Waals surface area contributed by atoms with Crippen LogP contribution in [0.2, 0.25) is 0 Å². The third-order valence-corrected chi connectivity index (χ3v) is 2.95. The Hall–Kier alpha value is -1.97. The van der Waals surface area contributed by atoms with E-state index in [1.165, 1.54) is 16.8 Å². The first-order valence-electron chi connectivity index (χ1n) is 6.82. The lowest BCUT2D eigenvalue weighted by Crippen LogP contribution is -2.39. The lowest BCUT2D eigenvalue weighted by Gasteiger charge is -2.19. The minimum atomic E-state index is -0.771. The second kappa shape index (κ2) is 8.47. The quantitative estimate of drug-likeness (QED) is 0.502. The lowest BCUT2D eigenvalue weighted by atomic mass is 10.1. The predicted octanol–water partition coefficient (Wildman–Crippen LogP) is -1.31. The standard InChI is InChI=1S/C13H22N4O5/c1-8(2)11(15)12(19)21-6-9(5-18)22-7-17-4-3-10(14)16-13(17)20/h3-4,8-9,11,18H,5-7,15H2,1-2H3,(H2,14,16,20)/t9-,11?/m0/s1. The molecule has 1 rings (SSSR count). The number of nitrogen functional groups attached to an aromatic ring is 1. The van der Waals surface area contributed by atoms with Crippen LogP contribution in [0.3, 0.4) is 0 Å². The third kappa shape index (κ3) is 5.43. The molecule has 9 nitrogen and oxygen atoms in total. The molecule has 124 valence electrons. The normalized spacial score (nSPS) is 13.9. The molecule has 0 bridgehead atoms. The van der Waals surface area contributed by atoms with Gasteiger partial charge in [0.15, 0.2) is 0 Å². The van der Waals surface area contributed by atoms with Crippen molar-refractivity contribution in [3.8, 4) is 0 Å². The van der Waals surface area contributed by atoms with Crippen molar-refractivity contribution in [2.24, 2.45) is 11.7 Å². The summed E-state index contributed by atoms with van der Waals surface area (Å²) in [4.78, 5) is 26.6. The summed E-state index contributed by atoms with van der Waals surface area (Å²) >= 11 is 0. The van der Waals surface area contributed by atoms with Crippen molar-refractivity contribution in [1.82, 2.24) is 9.55 Å². The van der Waals surface area contributed by atoms with Crippen molar-refractivity contribution in [3.05, 3.63) is 22.7 Å². The van der Waals surface area contributed by atoms with Crippen molar-refractivity contribution in [1.29, 1.82) is 0 Å². The highest BCUT2D eigenvalue weighted by Gasteiger charge is 2.20. The smallest absolute Gasteiger partial charge is 0.351 e. The van der Waals surface area contributed by atoms with Crippen LogP contribution < -0.4 is 17.2 Å². The number of aromatic nitrogens is 2. The molecule has 22 heavy (non-hydrogen) atoms. The molecule has 1 aromatic heterocycles. The van der Waals surface area contributed by atoms with E-state index in [9.17, 15) is 14.7 Å². The summed E-state index contributed by atoms with van der Waals surface area (Å²) in [5, 5.41) is 9.21. The Balaban J connectivity index is 2.48. The van der Waals surface area contributed by atoms with Crippen LogP contribution in [0.25, 0.3) is 0 Å². The molecule has 2 atom stereocenters. The minimum Gasteiger partial charge on any atom is -0.462 e. The van der Waals surface area contributed by atoms with Crippen LogP contribution in [0.1, 0.15) is 13.8 Å². The average molecular weight is 314 g/mol. The molecule has 0 radical (unpaired) electrons. The number of nitrogens with two attached hydrogens (primary N) is 2. The molecular formula is C13H22N4O5. The zero-order chi connectivity index (χ0) is 16.7. The molecule has 0 aromatic carbocycles. The third-order valence-electron chi connectivity index (χ3n) is 2.95. The van der Waals surface area contributed by atoms with Gasteiger partial charge in [0.1, 0.15) is 31.3 Å². The summed E-state index contributed by atoms with van der Waals surface area (Å²) in [6.07, 6.45) is 0.646. The van der Waals surface area contributed by atoms with Gasteiger partial charge in [-0.15, -0.1) is 0 Å². The molecule has 5 N–H and O–H groups in total. The minimum absolute atomic E-state index is 0.0552. The van der Waals surface area contributed by atoms with Crippen LogP contribution >= 0.6 is 0 Å². The zero-order valence-corrected chi connectivity index (χ0v) is 12.6. The molecule has 0 fully saturated rings. The number of esters is 1. The van der Waals surface area contributed by atoms with Crippen LogP contribution in [0.15, 0.2) is 17.1 Å². The summed E-state index contributed by atoms with van der Waals surface area (Å²) in [7, 11) is 0. The van der Waals surface area contributed by atoms with Gasteiger partial charge in [0.05, 0.1) is 6.61 Å². The Morgan fingerprint density at radius 2 is 2.18 bits per heavy atom. The van der Waals surface area contributed by atoms with Gasteiger partial charge in [-0.25, -0.2) is 4.79 Å². The first-order chi connectivity index (χ1) is 10.3. The van der Waals surface area contributed by atoms with Crippen molar-refractivity contribution in [3.63, 3.8) is 0 Å². The maximum absolute atomic E-state index is 11.6. The number of hydrogen-bond donors (Lipinski definition) is 3. The highest BCUT2D eigenvalue weighted by molar-refractivity contribution is 5.75. The Bertz CT molecular complexity index is 545. The van der Waals surface area contributed by atoms with E-state index in [1.807, 2.05) is 0 Å². The van der Waals surface area contributed by atoms with E-state index < -0.39 is 23.8 Å². The van der Waals surface area contributed by atoms with E-state index in [0.717, 1.165) is 0 Å². The molecule has 0 aliphatic carbocycles. The maximum atomic E-state index is 11.6. The molecular weight excluding hydrogens is 292 g/mol. The summed E-state index contributed by atoms with van der Waals surface area (Å²) in [5.74, 6) is -0.514. The summed E-state index contributed by atoms with van der Waals surface area (Å²) in [6, 6.07) is 0.712. The molecule has 1 heterocycles. The Morgan fingerprint density at radius 3 is 2.73 bits per heavy atom. The number of carbonyl (C=O) groups is 1. The van der Waals surface area contributed by atoms with Gasteiger partial charge in [0, 0.05) is 6.20 Å². The van der Waals surface area contributed by atoms with E-state index in [2.05, 4.69) is 4.98 Å². The van der Waals surface area contributed by atoms with Crippen molar-refractivity contribution < 1.29 is 19.4 Å². The molecule has 0 saturated heterocycles. The highest BCUT2D eigenvalue weighted by atomic mass is 16.6. The maximum Gasteiger partial charge on any atom is 0.351 e. The number of ether oxygens (including phenoxy) is 2. The largest absolute Gasteiger partial charge is 0.462 e. The average Bonchev–Trinajstić information content (AvgIpc) is 2.47. The van der Waals surface area contributed by atoms with Gasteiger partial charge >= 0.3 is 11.7 Å². The number of aliphatic hydroxyl groups excluding tert-OH is 1. The van der Waals surface area contributed by atoms with Gasteiger partial charge in [-0.2, -0.15) is 4.98 Å². The number of rotatable bonds is 8. The Morgan fingerprint density at radius 1 is 1.50 bits per heavy atom. The van der Waals surface area contributed by atoms with E-state index in [4.69, 9.17) is 20.9 Å². The summed E-state index contributed by atoms with van der Waals surface area (Å²) in [6.45, 7) is 2.92. The molecule has 1 aromatic rings. The molecule has 0 amide bonds. The first-order valence-corrected chi connectivity index (χ1v) is 6.82. The van der Waals surface area contributed by atoms with Gasteiger partial charge in [-0.05, 0) is 12.0 Å². The summed E-state index contributed by atoms with van der Waals surface area (Å²) in [5.41, 5.74) is 10.4. The van der Waals surface area contributed by atoms with E-state index in [0.29, 0.717) is 0 Å². The van der Waals surface area contributed by atoms with Crippen LogP contribution in [0, 0.1) is 5.92 Å². The topological polar surface area (TPSA) is 143 Å². The van der Waals surface area contributed by atoms with Gasteiger partial charge in [0.2, 0.25) is 0 Å². The molecule has 0 aliphatic heterocycles. The van der Waals surface area contributed by atoms with E-state index >= 15 is 0 Å². The second-order valence-corrected chi connectivity index (χ2v) is 5.10. The van der Waals surface area contributed by atoms with Crippen molar-refractivity contribution in [2.75, 3.05) is 18.9 Å². The van der Waals surface area contributed by atoms with Crippen molar-refractivity contribution >= 4 is 11.8 Å². The zero-order valence-electron chi connectivity index (χ0n) is 12.6. The van der Waals surface area contributed by atoms with Gasteiger partial charge < -0.3 is 26.0 Å². The van der Waals surface area contributed by atoms with Crippen LogP contribution in [-0.2, 0) is 21.0 Å². The fraction of sp³-hybridized carbons (Fsp3) is 0.615. The number of hydrogen-bond acceptors (Lipinski definition) is 8. The molecule has 9 heteroatoms. The number of anilines is 1. The number of nitrogens with zero attached hydrogens (tertiary/aromatic N) is 2.